The molecule has 0 aromatic carbocycles. The van der Waals surface area contributed by atoms with E-state index in [1.165, 1.54) is 30.5 Å². The van der Waals surface area contributed by atoms with Crippen molar-refractivity contribution in [3.8, 4) is 0 Å². The molecule has 1 aromatic heterocycles. The van der Waals surface area contributed by atoms with Crippen molar-refractivity contribution in [2.24, 2.45) is 11.7 Å². The van der Waals surface area contributed by atoms with E-state index >= 15 is 0 Å². The molecule has 4 unspecified atom stereocenters. The number of hydrogen-bond acceptors (Lipinski definition) is 5. The van der Waals surface area contributed by atoms with Crippen LogP contribution in [0.25, 0.3) is 0 Å². The van der Waals surface area contributed by atoms with Crippen molar-refractivity contribution < 1.29 is 4.74 Å². The van der Waals surface area contributed by atoms with Crippen LogP contribution in [0.3, 0.4) is 0 Å². The van der Waals surface area contributed by atoms with Crippen molar-refractivity contribution in [2.45, 2.75) is 56.7 Å². The molecule has 1 saturated heterocycles. The molecule has 0 spiro atoms. The Bertz CT molecular complexity index is 507. The van der Waals surface area contributed by atoms with Gasteiger partial charge < -0.3 is 15.8 Å². The third kappa shape index (κ3) is 1.91. The van der Waals surface area contributed by atoms with Crippen molar-refractivity contribution in [1.29, 1.82) is 0 Å². The number of anilines is 1. The molecule has 1 aromatic rings. The van der Waals surface area contributed by atoms with Crippen LogP contribution in [0, 0.1) is 5.92 Å². The van der Waals surface area contributed by atoms with Crippen molar-refractivity contribution in [2.75, 3.05) is 11.9 Å². The molecule has 4 atom stereocenters. The Morgan fingerprint density at radius 3 is 3.05 bits per heavy atom. The van der Waals surface area contributed by atoms with Gasteiger partial charge in [0, 0.05) is 29.8 Å². The summed E-state index contributed by atoms with van der Waals surface area (Å²) >= 11 is 0. The minimum atomic E-state index is 0.189. The van der Waals surface area contributed by atoms with Crippen LogP contribution in [0.1, 0.15) is 36.9 Å². The third-order valence-electron chi connectivity index (χ3n) is 5.11. The van der Waals surface area contributed by atoms with E-state index in [2.05, 4.69) is 15.3 Å². The van der Waals surface area contributed by atoms with Crippen LogP contribution in [0.2, 0.25) is 0 Å². The molecular formula is C15H22N4O. The van der Waals surface area contributed by atoms with Gasteiger partial charge in [0.2, 0.25) is 0 Å². The molecular weight excluding hydrogens is 252 g/mol. The zero-order valence-corrected chi connectivity index (χ0v) is 11.7. The predicted molar refractivity (Wildman–Crippen MR) is 76.5 cm³/mol. The first-order valence-electron chi connectivity index (χ1n) is 7.81. The fraction of sp³-hybridized carbons (Fsp3) is 0.733. The van der Waals surface area contributed by atoms with E-state index in [-0.39, 0.29) is 18.2 Å². The number of nitrogens with one attached hydrogen (secondary N) is 1. The second kappa shape index (κ2) is 4.97. The maximum Gasteiger partial charge on any atom is 0.133 e. The average Bonchev–Trinajstić information content (AvgIpc) is 2.52. The van der Waals surface area contributed by atoms with Crippen LogP contribution in [-0.2, 0) is 17.6 Å². The van der Waals surface area contributed by atoms with Gasteiger partial charge in [-0.1, -0.05) is 0 Å². The van der Waals surface area contributed by atoms with Gasteiger partial charge in [0.25, 0.3) is 0 Å². The molecule has 5 heteroatoms. The summed E-state index contributed by atoms with van der Waals surface area (Å²) in [7, 11) is 0. The van der Waals surface area contributed by atoms with Gasteiger partial charge >= 0.3 is 0 Å². The summed E-state index contributed by atoms with van der Waals surface area (Å²) in [6, 6.07) is 0.399. The van der Waals surface area contributed by atoms with Crippen molar-refractivity contribution in [3.05, 3.63) is 17.6 Å². The van der Waals surface area contributed by atoms with E-state index in [0.29, 0.717) is 5.92 Å². The molecule has 2 aliphatic carbocycles. The van der Waals surface area contributed by atoms with Crippen LogP contribution in [0.4, 0.5) is 5.82 Å². The molecule has 2 heterocycles. The van der Waals surface area contributed by atoms with E-state index < -0.39 is 0 Å². The van der Waals surface area contributed by atoms with Crippen molar-refractivity contribution in [3.63, 3.8) is 0 Å². The van der Waals surface area contributed by atoms with Gasteiger partial charge in [-0.05, 0) is 38.5 Å². The minimum absolute atomic E-state index is 0.189. The smallest absolute Gasteiger partial charge is 0.133 e. The molecule has 0 bridgehead atoms. The van der Waals surface area contributed by atoms with E-state index in [1.54, 1.807) is 6.33 Å². The summed E-state index contributed by atoms with van der Waals surface area (Å²) in [4.78, 5) is 8.87. The highest BCUT2D eigenvalue weighted by atomic mass is 16.5. The highest BCUT2D eigenvalue weighted by Gasteiger charge is 2.50. The van der Waals surface area contributed by atoms with E-state index in [9.17, 15) is 0 Å². The number of nitrogens with zero attached hydrogens (tertiary/aromatic N) is 2. The quantitative estimate of drug-likeness (QED) is 0.849. The van der Waals surface area contributed by atoms with Gasteiger partial charge in [0.15, 0.2) is 0 Å². The molecule has 20 heavy (non-hydrogen) atoms. The zero-order valence-electron chi connectivity index (χ0n) is 11.7. The SMILES string of the molecule is NC1C2CCCOC2C1Nc1ncnc2c1CCCC2. The number of ether oxygens (including phenoxy) is 1. The van der Waals surface area contributed by atoms with Gasteiger partial charge in [-0.25, -0.2) is 9.97 Å². The van der Waals surface area contributed by atoms with Gasteiger partial charge in [-0.3, -0.25) is 0 Å². The first-order valence-corrected chi connectivity index (χ1v) is 7.81. The Hall–Kier alpha value is -1.20. The van der Waals surface area contributed by atoms with E-state index in [0.717, 1.165) is 31.7 Å². The maximum absolute atomic E-state index is 6.32. The molecule has 3 N–H and O–H groups in total. The summed E-state index contributed by atoms with van der Waals surface area (Å²) in [5.41, 5.74) is 8.82. The van der Waals surface area contributed by atoms with Gasteiger partial charge in [0.1, 0.15) is 12.1 Å². The Labute approximate surface area is 119 Å². The van der Waals surface area contributed by atoms with Gasteiger partial charge in [-0.2, -0.15) is 0 Å². The largest absolute Gasteiger partial charge is 0.376 e. The minimum Gasteiger partial charge on any atom is -0.376 e. The monoisotopic (exact) mass is 274 g/mol. The Balaban J connectivity index is 1.54. The Morgan fingerprint density at radius 1 is 1.20 bits per heavy atom. The Kier molecular flexibility index (Phi) is 3.11. The summed E-state index contributed by atoms with van der Waals surface area (Å²) in [5.74, 6) is 1.52. The standard InChI is InChI=1S/C15H22N4O/c16-12-10-5-3-7-20-14(10)13(12)19-15-9-4-1-2-6-11(9)17-8-18-15/h8,10,12-14H,1-7,16H2,(H,17,18,19). The molecule has 2 fully saturated rings. The summed E-state index contributed by atoms with van der Waals surface area (Å²) in [5, 5.41) is 3.55. The third-order valence-corrected chi connectivity index (χ3v) is 5.11. The Morgan fingerprint density at radius 2 is 2.10 bits per heavy atom. The number of rotatable bonds is 2. The maximum atomic E-state index is 6.32. The molecule has 1 aliphatic heterocycles. The fourth-order valence-corrected chi connectivity index (χ4v) is 3.93. The number of hydrogen-bond donors (Lipinski definition) is 2. The van der Waals surface area contributed by atoms with Crippen LogP contribution < -0.4 is 11.1 Å². The number of nitrogens with two attached hydrogens (primary N) is 1. The zero-order chi connectivity index (χ0) is 13.5. The van der Waals surface area contributed by atoms with Crippen molar-refractivity contribution >= 4 is 5.82 Å². The van der Waals surface area contributed by atoms with Gasteiger partial charge in [-0.15, -0.1) is 0 Å². The molecule has 3 aliphatic rings. The fourth-order valence-electron chi connectivity index (χ4n) is 3.93. The lowest BCUT2D eigenvalue weighted by molar-refractivity contribution is -0.104. The molecule has 108 valence electrons. The number of fused-ring (bicyclic) bond motifs is 2. The van der Waals surface area contributed by atoms with Crippen molar-refractivity contribution in [1.82, 2.24) is 9.97 Å². The highest BCUT2D eigenvalue weighted by Crippen LogP contribution is 2.39. The lowest BCUT2D eigenvalue weighted by atomic mass is 9.68. The summed E-state index contributed by atoms with van der Waals surface area (Å²) < 4.78 is 5.89. The molecule has 0 amide bonds. The number of aryl methyl sites for hydroxylation is 1. The topological polar surface area (TPSA) is 73.1 Å². The van der Waals surface area contributed by atoms with E-state index in [1.807, 2.05) is 0 Å². The van der Waals surface area contributed by atoms with Crippen LogP contribution >= 0.6 is 0 Å². The first kappa shape index (κ1) is 12.5. The first-order chi connectivity index (χ1) is 9.84. The van der Waals surface area contributed by atoms with Crippen LogP contribution in [-0.4, -0.2) is 34.8 Å². The van der Waals surface area contributed by atoms with Gasteiger partial charge in [0.05, 0.1) is 12.1 Å². The average molecular weight is 274 g/mol. The lowest BCUT2D eigenvalue weighted by Gasteiger charge is -2.52. The van der Waals surface area contributed by atoms with Crippen LogP contribution in [0.15, 0.2) is 6.33 Å². The normalized spacial score (nSPS) is 35.6. The molecule has 4 rings (SSSR count). The lowest BCUT2D eigenvalue weighted by Crippen LogP contribution is -2.69. The highest BCUT2D eigenvalue weighted by molar-refractivity contribution is 5.49. The number of aromatic nitrogens is 2. The summed E-state index contributed by atoms with van der Waals surface area (Å²) in [6.45, 7) is 0.869. The molecule has 1 saturated carbocycles. The second-order valence-corrected chi connectivity index (χ2v) is 6.24. The second-order valence-electron chi connectivity index (χ2n) is 6.24. The molecule has 5 nitrogen and oxygen atoms in total. The predicted octanol–water partition coefficient (Wildman–Crippen LogP) is 1.27. The van der Waals surface area contributed by atoms with E-state index in [4.69, 9.17) is 10.5 Å². The van der Waals surface area contributed by atoms with Crippen LogP contribution in [0.5, 0.6) is 0 Å². The molecule has 0 radical (unpaired) electrons. The summed E-state index contributed by atoms with van der Waals surface area (Å²) in [6.07, 6.45) is 8.91.